The van der Waals surface area contributed by atoms with Crippen molar-refractivity contribution in [1.82, 2.24) is 4.90 Å². The fourth-order valence-electron chi connectivity index (χ4n) is 2.79. The number of aryl methyl sites for hydroxylation is 1. The van der Waals surface area contributed by atoms with Gasteiger partial charge in [-0.05, 0) is 37.2 Å². The summed E-state index contributed by atoms with van der Waals surface area (Å²) >= 11 is 0. The first-order valence-corrected chi connectivity index (χ1v) is 8.50. The fourth-order valence-corrected chi connectivity index (χ4v) is 2.79. The van der Waals surface area contributed by atoms with Crippen LogP contribution in [0.3, 0.4) is 0 Å². The number of hydrogen-bond acceptors (Lipinski definition) is 3. The molecule has 0 amide bonds. The highest BCUT2D eigenvalue weighted by molar-refractivity contribution is 5.98. The van der Waals surface area contributed by atoms with E-state index in [1.54, 1.807) is 31.1 Å². The first kappa shape index (κ1) is 18.9. The molecular formula is C21H25NO3. The van der Waals surface area contributed by atoms with Crippen LogP contribution in [0.2, 0.25) is 0 Å². The van der Waals surface area contributed by atoms with Crippen LogP contribution >= 0.6 is 0 Å². The number of benzene rings is 2. The van der Waals surface area contributed by atoms with Crippen molar-refractivity contribution in [2.75, 3.05) is 20.6 Å². The maximum atomic E-state index is 12.4. The Morgan fingerprint density at radius 3 is 1.92 bits per heavy atom. The topological polar surface area (TPSA) is 57.6 Å². The van der Waals surface area contributed by atoms with Gasteiger partial charge in [-0.2, -0.15) is 0 Å². The molecule has 2 aromatic carbocycles. The number of ketones is 1. The van der Waals surface area contributed by atoms with Crippen molar-refractivity contribution in [2.45, 2.75) is 19.8 Å². The minimum absolute atomic E-state index is 0.0120. The molecule has 0 radical (unpaired) electrons. The van der Waals surface area contributed by atoms with Crippen LogP contribution in [0.5, 0.6) is 0 Å². The molecule has 0 saturated carbocycles. The quantitative estimate of drug-likeness (QED) is 0.744. The number of aliphatic carboxylic acids is 1. The zero-order chi connectivity index (χ0) is 18.4. The predicted molar refractivity (Wildman–Crippen MR) is 99.9 cm³/mol. The Morgan fingerprint density at radius 2 is 1.48 bits per heavy atom. The van der Waals surface area contributed by atoms with E-state index in [1.165, 1.54) is 5.56 Å². The maximum absolute atomic E-state index is 12.4. The van der Waals surface area contributed by atoms with Gasteiger partial charge in [-0.15, -0.1) is 0 Å². The van der Waals surface area contributed by atoms with Gasteiger partial charge in [-0.25, -0.2) is 0 Å². The molecular weight excluding hydrogens is 314 g/mol. The van der Waals surface area contributed by atoms with Crippen LogP contribution in [-0.4, -0.2) is 42.4 Å². The molecule has 2 aromatic rings. The molecule has 0 fully saturated rings. The third-order valence-corrected chi connectivity index (χ3v) is 4.27. The van der Waals surface area contributed by atoms with Gasteiger partial charge in [0.2, 0.25) is 0 Å². The van der Waals surface area contributed by atoms with Gasteiger partial charge < -0.3 is 10.0 Å². The number of carboxylic acids is 1. The van der Waals surface area contributed by atoms with Gasteiger partial charge in [0, 0.05) is 18.5 Å². The molecule has 1 N–H and O–H groups in total. The SMILES string of the molecule is CCc1ccc(-c2ccc(C(=O)CC(CN(C)C)C(=O)O)cc2)cc1. The van der Waals surface area contributed by atoms with Gasteiger partial charge in [-0.1, -0.05) is 55.5 Å². The highest BCUT2D eigenvalue weighted by Crippen LogP contribution is 2.21. The Morgan fingerprint density at radius 1 is 0.960 bits per heavy atom. The van der Waals surface area contributed by atoms with Crippen LogP contribution in [0, 0.1) is 5.92 Å². The number of Topliss-reactive ketones (excluding diaryl/α,β-unsaturated/α-hetero) is 1. The van der Waals surface area contributed by atoms with Crippen LogP contribution in [-0.2, 0) is 11.2 Å². The Balaban J connectivity index is 2.09. The molecule has 25 heavy (non-hydrogen) atoms. The zero-order valence-corrected chi connectivity index (χ0v) is 15.0. The van der Waals surface area contributed by atoms with Gasteiger partial charge in [-0.3, -0.25) is 9.59 Å². The summed E-state index contributed by atoms with van der Waals surface area (Å²) < 4.78 is 0. The van der Waals surface area contributed by atoms with Crippen LogP contribution in [0.25, 0.3) is 11.1 Å². The second kappa shape index (κ2) is 8.58. The summed E-state index contributed by atoms with van der Waals surface area (Å²) in [5.41, 5.74) is 3.99. The van der Waals surface area contributed by atoms with E-state index < -0.39 is 11.9 Å². The van der Waals surface area contributed by atoms with Crippen molar-refractivity contribution in [3.05, 3.63) is 59.7 Å². The first-order chi connectivity index (χ1) is 11.9. The van der Waals surface area contributed by atoms with Crippen LogP contribution in [0.15, 0.2) is 48.5 Å². The summed E-state index contributed by atoms with van der Waals surface area (Å²) in [7, 11) is 3.61. The monoisotopic (exact) mass is 339 g/mol. The number of carbonyl (C=O) groups excluding carboxylic acids is 1. The number of rotatable bonds is 8. The molecule has 0 saturated heterocycles. The molecule has 0 aromatic heterocycles. The average molecular weight is 339 g/mol. The van der Waals surface area contributed by atoms with Gasteiger partial charge >= 0.3 is 5.97 Å². The van der Waals surface area contributed by atoms with Gasteiger partial charge in [0.15, 0.2) is 5.78 Å². The molecule has 2 rings (SSSR count). The highest BCUT2D eigenvalue weighted by Gasteiger charge is 2.22. The van der Waals surface area contributed by atoms with E-state index in [-0.39, 0.29) is 12.2 Å². The highest BCUT2D eigenvalue weighted by atomic mass is 16.4. The summed E-state index contributed by atoms with van der Waals surface area (Å²) in [5.74, 6) is -1.76. The van der Waals surface area contributed by atoms with Gasteiger partial charge in [0.1, 0.15) is 0 Å². The largest absolute Gasteiger partial charge is 0.481 e. The van der Waals surface area contributed by atoms with Crippen LogP contribution < -0.4 is 0 Å². The minimum Gasteiger partial charge on any atom is -0.481 e. The lowest BCUT2D eigenvalue weighted by Crippen LogP contribution is -2.29. The molecule has 0 aliphatic carbocycles. The molecule has 4 heteroatoms. The third-order valence-electron chi connectivity index (χ3n) is 4.27. The fraction of sp³-hybridized carbons (Fsp3) is 0.333. The van der Waals surface area contributed by atoms with Gasteiger partial charge in [0.25, 0.3) is 0 Å². The van der Waals surface area contributed by atoms with Crippen molar-refractivity contribution in [3.63, 3.8) is 0 Å². The summed E-state index contributed by atoms with van der Waals surface area (Å²) in [6.45, 7) is 2.47. The van der Waals surface area contributed by atoms with Crippen molar-refractivity contribution in [2.24, 2.45) is 5.92 Å². The second-order valence-electron chi connectivity index (χ2n) is 6.55. The van der Waals surface area contributed by atoms with E-state index in [4.69, 9.17) is 0 Å². The molecule has 1 unspecified atom stereocenters. The lowest BCUT2D eigenvalue weighted by molar-refractivity contribution is -0.142. The number of hydrogen-bond donors (Lipinski definition) is 1. The van der Waals surface area contributed by atoms with Crippen molar-refractivity contribution in [1.29, 1.82) is 0 Å². The summed E-state index contributed by atoms with van der Waals surface area (Å²) in [4.78, 5) is 25.5. The Hall–Kier alpha value is -2.46. The summed E-state index contributed by atoms with van der Waals surface area (Å²) in [6.07, 6.45) is 1.02. The smallest absolute Gasteiger partial charge is 0.308 e. The van der Waals surface area contributed by atoms with E-state index in [0.29, 0.717) is 12.1 Å². The molecule has 0 aliphatic rings. The Kier molecular flexibility index (Phi) is 6.48. The zero-order valence-electron chi connectivity index (χ0n) is 15.0. The third kappa shape index (κ3) is 5.26. The molecule has 0 spiro atoms. The maximum Gasteiger partial charge on any atom is 0.308 e. The lowest BCUT2D eigenvalue weighted by Gasteiger charge is -2.16. The van der Waals surface area contributed by atoms with Crippen LogP contribution in [0.4, 0.5) is 0 Å². The van der Waals surface area contributed by atoms with E-state index in [1.807, 2.05) is 12.1 Å². The molecule has 1 atom stereocenters. The first-order valence-electron chi connectivity index (χ1n) is 8.50. The molecule has 132 valence electrons. The molecule has 0 bridgehead atoms. The van der Waals surface area contributed by atoms with Gasteiger partial charge in [0.05, 0.1) is 5.92 Å². The second-order valence-corrected chi connectivity index (χ2v) is 6.55. The Bertz CT molecular complexity index is 718. The molecule has 4 nitrogen and oxygen atoms in total. The molecule has 0 aliphatic heterocycles. The van der Waals surface area contributed by atoms with E-state index in [9.17, 15) is 14.7 Å². The average Bonchev–Trinajstić information content (AvgIpc) is 2.61. The normalized spacial score (nSPS) is 12.2. The Labute approximate surface area is 149 Å². The van der Waals surface area contributed by atoms with Crippen molar-refractivity contribution in [3.8, 4) is 11.1 Å². The summed E-state index contributed by atoms with van der Waals surface area (Å²) in [6, 6.07) is 15.7. The minimum atomic E-state index is -0.935. The number of carboxylic acid groups (broad SMARTS) is 1. The number of carbonyl (C=O) groups is 2. The summed E-state index contributed by atoms with van der Waals surface area (Å²) in [5, 5.41) is 9.27. The van der Waals surface area contributed by atoms with E-state index in [2.05, 4.69) is 31.2 Å². The van der Waals surface area contributed by atoms with E-state index in [0.717, 1.165) is 17.5 Å². The predicted octanol–water partition coefficient (Wildman–Crippen LogP) is 3.75. The standard InChI is InChI=1S/C21H25NO3/c1-4-15-5-7-16(8-6-15)17-9-11-18(12-10-17)20(23)13-19(21(24)25)14-22(2)3/h5-12,19H,4,13-14H2,1-3H3,(H,24,25). The van der Waals surface area contributed by atoms with Crippen molar-refractivity contribution < 1.29 is 14.7 Å². The van der Waals surface area contributed by atoms with Crippen LogP contribution in [0.1, 0.15) is 29.3 Å². The van der Waals surface area contributed by atoms with E-state index >= 15 is 0 Å². The number of nitrogens with zero attached hydrogens (tertiary/aromatic N) is 1. The molecule has 0 heterocycles. The van der Waals surface area contributed by atoms with Crippen molar-refractivity contribution >= 4 is 11.8 Å². The lowest BCUT2D eigenvalue weighted by atomic mass is 9.96.